The van der Waals surface area contributed by atoms with Crippen LogP contribution in [0.3, 0.4) is 0 Å². The monoisotopic (exact) mass is 433 g/mol. The van der Waals surface area contributed by atoms with Crippen molar-refractivity contribution in [1.82, 2.24) is 24.4 Å². The molecule has 0 saturated carbocycles. The van der Waals surface area contributed by atoms with Crippen molar-refractivity contribution in [2.45, 2.75) is 13.5 Å². The van der Waals surface area contributed by atoms with Gasteiger partial charge in [-0.25, -0.2) is 4.85 Å². The van der Waals surface area contributed by atoms with Gasteiger partial charge in [0.05, 0.1) is 20.2 Å². The van der Waals surface area contributed by atoms with Crippen LogP contribution in [0.4, 0.5) is 11.6 Å². The van der Waals surface area contributed by atoms with Gasteiger partial charge in [0, 0.05) is 33.2 Å². The number of piperazine rings is 1. The molecule has 1 saturated heterocycles. The number of nitrogens with one attached hydrogen (secondary N) is 1. The number of anilines is 1. The first kappa shape index (κ1) is 21.2. The summed E-state index contributed by atoms with van der Waals surface area (Å²) in [7, 11) is 3.08. The summed E-state index contributed by atoms with van der Waals surface area (Å²) in [6.07, 6.45) is 0. The van der Waals surface area contributed by atoms with E-state index in [1.165, 1.54) is 11.7 Å². The minimum Gasteiger partial charge on any atom is -0.494 e. The first-order valence-electron chi connectivity index (χ1n) is 10.1. The van der Waals surface area contributed by atoms with E-state index in [0.717, 1.165) is 26.2 Å². The number of benzene rings is 1. The molecule has 10 heteroatoms. The number of rotatable bonds is 5. The van der Waals surface area contributed by atoms with Gasteiger partial charge in [-0.05, 0) is 19.1 Å². The second kappa shape index (κ2) is 9.00. The molecular formula is C22H23N7O3. The van der Waals surface area contributed by atoms with Crippen molar-refractivity contribution >= 4 is 22.8 Å². The van der Waals surface area contributed by atoms with Crippen LogP contribution in [0, 0.1) is 18.4 Å². The van der Waals surface area contributed by atoms with E-state index in [1.54, 1.807) is 32.2 Å². The van der Waals surface area contributed by atoms with Crippen molar-refractivity contribution in [3.63, 3.8) is 0 Å². The van der Waals surface area contributed by atoms with E-state index < -0.39 is 0 Å². The molecule has 3 aromatic rings. The highest BCUT2D eigenvalue weighted by Gasteiger charge is 2.23. The molecule has 2 aromatic heterocycles. The number of methoxy groups -OCH3 is 1. The first-order valence-corrected chi connectivity index (χ1v) is 10.1. The lowest BCUT2D eigenvalue weighted by Crippen LogP contribution is -2.44. The molecule has 4 rings (SSSR count). The summed E-state index contributed by atoms with van der Waals surface area (Å²) in [5, 5.41) is 3.32. The first-order chi connectivity index (χ1) is 15.6. The third kappa shape index (κ3) is 3.84. The zero-order chi connectivity index (χ0) is 22.7. The van der Waals surface area contributed by atoms with Crippen LogP contribution >= 0.6 is 0 Å². The molecular weight excluding hydrogens is 410 g/mol. The van der Waals surface area contributed by atoms with Crippen molar-refractivity contribution in [3.8, 4) is 29.4 Å². The highest BCUT2D eigenvalue weighted by molar-refractivity contribution is 5.75. The van der Waals surface area contributed by atoms with Gasteiger partial charge in [-0.15, -0.1) is 5.92 Å². The zero-order valence-electron chi connectivity index (χ0n) is 18.2. The Hall–Kier alpha value is -4.02. The standard InChI is InChI=1S/C22H23N7O3/c1-5-6-11-29-18-19(25-21(29)28-12-9-24-10-13-28)26-22(27(3)20(18)30)32-16-8-7-15(23-2)14-17(16)31-4/h7-8,14,24H,9-13H2,1,3-4H3. The molecule has 0 radical (unpaired) electrons. The summed E-state index contributed by atoms with van der Waals surface area (Å²) in [4.78, 5) is 28.0. The second-order valence-electron chi connectivity index (χ2n) is 7.14. The summed E-state index contributed by atoms with van der Waals surface area (Å²) in [5.74, 6) is 7.31. The molecule has 0 bridgehead atoms. The minimum atomic E-state index is -0.284. The maximum Gasteiger partial charge on any atom is 0.306 e. The number of fused-ring (bicyclic) bond motifs is 1. The predicted octanol–water partition coefficient (Wildman–Crippen LogP) is 1.91. The van der Waals surface area contributed by atoms with E-state index >= 15 is 0 Å². The van der Waals surface area contributed by atoms with E-state index in [2.05, 4.69) is 36.9 Å². The topological polar surface area (TPSA) is 90.8 Å². The van der Waals surface area contributed by atoms with Gasteiger partial charge in [0.15, 0.2) is 28.4 Å². The maximum atomic E-state index is 13.3. The third-order valence-corrected chi connectivity index (χ3v) is 5.22. The minimum absolute atomic E-state index is 0.0782. The smallest absolute Gasteiger partial charge is 0.306 e. The molecule has 0 amide bonds. The Morgan fingerprint density at radius 1 is 1.25 bits per heavy atom. The molecule has 32 heavy (non-hydrogen) atoms. The Morgan fingerprint density at radius 2 is 2.03 bits per heavy atom. The third-order valence-electron chi connectivity index (χ3n) is 5.22. The lowest BCUT2D eigenvalue weighted by molar-refractivity contribution is 0.359. The zero-order valence-corrected chi connectivity index (χ0v) is 18.2. The second-order valence-corrected chi connectivity index (χ2v) is 7.14. The highest BCUT2D eigenvalue weighted by Crippen LogP contribution is 2.34. The number of ether oxygens (including phenoxy) is 2. The van der Waals surface area contributed by atoms with Crippen molar-refractivity contribution in [3.05, 3.63) is 40.0 Å². The van der Waals surface area contributed by atoms with Crippen LogP contribution in [0.15, 0.2) is 23.0 Å². The number of imidazole rings is 1. The summed E-state index contributed by atoms with van der Waals surface area (Å²) < 4.78 is 14.4. The number of aromatic nitrogens is 4. The van der Waals surface area contributed by atoms with E-state index in [9.17, 15) is 4.79 Å². The summed E-state index contributed by atoms with van der Waals surface area (Å²) in [6.45, 7) is 12.5. The summed E-state index contributed by atoms with van der Waals surface area (Å²) in [6, 6.07) is 4.88. The molecule has 1 aliphatic heterocycles. The molecule has 10 nitrogen and oxygen atoms in total. The van der Waals surface area contributed by atoms with Crippen LogP contribution in [-0.2, 0) is 13.6 Å². The largest absolute Gasteiger partial charge is 0.494 e. The average Bonchev–Trinajstić information content (AvgIpc) is 3.20. The van der Waals surface area contributed by atoms with Crippen LogP contribution in [0.5, 0.6) is 17.5 Å². The van der Waals surface area contributed by atoms with Gasteiger partial charge >= 0.3 is 6.01 Å². The molecule has 164 valence electrons. The predicted molar refractivity (Wildman–Crippen MR) is 121 cm³/mol. The fraction of sp³-hybridized carbons (Fsp3) is 0.364. The average molecular weight is 433 g/mol. The van der Waals surface area contributed by atoms with Crippen molar-refractivity contribution < 1.29 is 9.47 Å². The van der Waals surface area contributed by atoms with E-state index in [4.69, 9.17) is 16.0 Å². The summed E-state index contributed by atoms with van der Waals surface area (Å²) >= 11 is 0. The molecule has 0 spiro atoms. The van der Waals surface area contributed by atoms with Crippen molar-refractivity contribution in [1.29, 1.82) is 0 Å². The van der Waals surface area contributed by atoms with E-state index in [1.807, 2.05) is 4.57 Å². The normalized spacial score (nSPS) is 13.4. The Kier molecular flexibility index (Phi) is 5.97. The van der Waals surface area contributed by atoms with Crippen molar-refractivity contribution in [2.24, 2.45) is 7.05 Å². The fourth-order valence-electron chi connectivity index (χ4n) is 3.54. The van der Waals surface area contributed by atoms with E-state index in [-0.39, 0.29) is 11.6 Å². The Morgan fingerprint density at radius 3 is 2.72 bits per heavy atom. The van der Waals surface area contributed by atoms with Crippen LogP contribution in [-0.4, -0.2) is 52.4 Å². The van der Waals surface area contributed by atoms with Crippen molar-refractivity contribution in [2.75, 3.05) is 38.2 Å². The molecule has 0 unspecified atom stereocenters. The quantitative estimate of drug-likeness (QED) is 0.486. The molecule has 0 atom stereocenters. The van der Waals surface area contributed by atoms with Crippen LogP contribution in [0.1, 0.15) is 6.92 Å². The van der Waals surface area contributed by atoms with Gasteiger partial charge in [-0.2, -0.15) is 9.97 Å². The van der Waals surface area contributed by atoms with Gasteiger partial charge in [0.25, 0.3) is 5.56 Å². The number of hydrogen-bond donors (Lipinski definition) is 1. The summed E-state index contributed by atoms with van der Waals surface area (Å²) in [5.41, 5.74) is 0.814. The lowest BCUT2D eigenvalue weighted by Gasteiger charge is -2.28. The van der Waals surface area contributed by atoms with Crippen LogP contribution in [0.25, 0.3) is 16.0 Å². The fourth-order valence-corrected chi connectivity index (χ4v) is 3.54. The molecule has 1 fully saturated rings. The van der Waals surface area contributed by atoms with Gasteiger partial charge in [-0.1, -0.05) is 12.0 Å². The SMILES string of the molecule is [C-]#[N+]c1ccc(Oc2nc3nc(N4CCNCC4)n(CC#CC)c3c(=O)n2C)c(OC)c1. The maximum absolute atomic E-state index is 13.3. The van der Waals surface area contributed by atoms with Gasteiger partial charge in [-0.3, -0.25) is 13.9 Å². The molecule has 3 heterocycles. The van der Waals surface area contributed by atoms with Gasteiger partial charge < -0.3 is 19.7 Å². The van der Waals surface area contributed by atoms with Crippen LogP contribution < -0.4 is 25.2 Å². The molecule has 1 aliphatic rings. The van der Waals surface area contributed by atoms with Gasteiger partial charge in [0.2, 0.25) is 5.95 Å². The number of nitrogens with zero attached hydrogens (tertiary/aromatic N) is 6. The Balaban J connectivity index is 1.83. The molecule has 1 N–H and O–H groups in total. The Bertz CT molecular complexity index is 1320. The van der Waals surface area contributed by atoms with Crippen LogP contribution in [0.2, 0.25) is 0 Å². The molecule has 1 aromatic carbocycles. The lowest BCUT2D eigenvalue weighted by atomic mass is 10.3. The Labute approximate surface area is 185 Å². The highest BCUT2D eigenvalue weighted by atomic mass is 16.5. The number of hydrogen-bond acceptors (Lipinski definition) is 7. The van der Waals surface area contributed by atoms with E-state index in [0.29, 0.717) is 40.8 Å². The van der Waals surface area contributed by atoms with Gasteiger partial charge in [0.1, 0.15) is 0 Å². The molecule has 0 aliphatic carbocycles.